The lowest BCUT2D eigenvalue weighted by atomic mass is 9.62. The van der Waals surface area contributed by atoms with Crippen molar-refractivity contribution in [2.45, 2.75) is 36.9 Å². The Labute approximate surface area is 110 Å². The first-order chi connectivity index (χ1) is 8.95. The lowest BCUT2D eigenvalue weighted by Gasteiger charge is -2.43. The monoisotopic (exact) mass is 268 g/mol. The van der Waals surface area contributed by atoms with Gasteiger partial charge < -0.3 is 5.32 Å². The maximum Gasteiger partial charge on any atom is 0.390 e. The van der Waals surface area contributed by atoms with Crippen molar-refractivity contribution >= 4 is 0 Å². The summed E-state index contributed by atoms with van der Waals surface area (Å²) in [5.74, 6) is 0. The average molecular weight is 268 g/mol. The lowest BCUT2D eigenvalue weighted by molar-refractivity contribution is -0.134. The van der Waals surface area contributed by atoms with Crippen LogP contribution in [0.15, 0.2) is 30.3 Å². The number of nitriles is 1. The molecule has 102 valence electrons. The number of nitrogens with one attached hydrogen (secondary N) is 1. The van der Waals surface area contributed by atoms with Gasteiger partial charge in [-0.15, -0.1) is 0 Å². The zero-order valence-corrected chi connectivity index (χ0v) is 10.4. The molecule has 2 nitrogen and oxygen atoms in total. The minimum absolute atomic E-state index is 0.00204. The minimum atomic E-state index is -4.12. The van der Waals surface area contributed by atoms with E-state index in [1.807, 2.05) is 30.3 Å². The molecule has 19 heavy (non-hydrogen) atoms. The molecule has 0 spiro atoms. The van der Waals surface area contributed by atoms with Crippen LogP contribution in [0.3, 0.4) is 0 Å². The smallest absolute Gasteiger partial charge is 0.314 e. The van der Waals surface area contributed by atoms with Crippen molar-refractivity contribution < 1.29 is 13.2 Å². The lowest BCUT2D eigenvalue weighted by Crippen LogP contribution is -2.51. The van der Waals surface area contributed by atoms with E-state index in [0.717, 1.165) is 5.56 Å². The van der Waals surface area contributed by atoms with E-state index >= 15 is 0 Å². The summed E-state index contributed by atoms with van der Waals surface area (Å²) in [6, 6.07) is 11.7. The van der Waals surface area contributed by atoms with Crippen LogP contribution in [0.4, 0.5) is 13.2 Å². The van der Waals surface area contributed by atoms with Gasteiger partial charge in [0.05, 0.1) is 17.9 Å². The van der Waals surface area contributed by atoms with Crippen molar-refractivity contribution in [2.75, 3.05) is 6.54 Å². The van der Waals surface area contributed by atoms with Crippen molar-refractivity contribution in [1.82, 2.24) is 5.32 Å². The highest BCUT2D eigenvalue weighted by Crippen LogP contribution is 2.43. The van der Waals surface area contributed by atoms with Gasteiger partial charge in [-0.3, -0.25) is 0 Å². The summed E-state index contributed by atoms with van der Waals surface area (Å²) in [6.45, 7) is -0.0789. The average Bonchev–Trinajstić information content (AvgIpc) is 2.32. The summed E-state index contributed by atoms with van der Waals surface area (Å²) in [7, 11) is 0. The molecule has 1 aliphatic rings. The molecule has 0 atom stereocenters. The largest absolute Gasteiger partial charge is 0.390 e. The van der Waals surface area contributed by atoms with Gasteiger partial charge >= 0.3 is 6.18 Å². The number of halogens is 3. The van der Waals surface area contributed by atoms with Gasteiger partial charge in [0, 0.05) is 12.6 Å². The third kappa shape index (κ3) is 3.27. The SMILES string of the molecule is N#CC1(c2ccccc2)CC(NCCC(F)(F)F)C1. The second kappa shape index (κ2) is 5.22. The van der Waals surface area contributed by atoms with Gasteiger partial charge in [-0.1, -0.05) is 30.3 Å². The molecule has 1 aromatic rings. The second-order valence-corrected chi connectivity index (χ2v) is 4.98. The zero-order valence-electron chi connectivity index (χ0n) is 10.4. The molecular weight excluding hydrogens is 253 g/mol. The minimum Gasteiger partial charge on any atom is -0.314 e. The number of hydrogen-bond donors (Lipinski definition) is 1. The predicted molar refractivity (Wildman–Crippen MR) is 65.4 cm³/mol. The van der Waals surface area contributed by atoms with Crippen molar-refractivity contribution in [2.24, 2.45) is 0 Å². The van der Waals surface area contributed by atoms with E-state index in [-0.39, 0.29) is 12.6 Å². The van der Waals surface area contributed by atoms with Crippen LogP contribution in [0.5, 0.6) is 0 Å². The molecule has 0 bridgehead atoms. The Balaban J connectivity index is 1.86. The molecule has 1 saturated carbocycles. The van der Waals surface area contributed by atoms with Gasteiger partial charge in [-0.05, 0) is 18.4 Å². The van der Waals surface area contributed by atoms with Crippen LogP contribution in [0, 0.1) is 11.3 Å². The fraction of sp³-hybridized carbons (Fsp3) is 0.500. The summed E-state index contributed by atoms with van der Waals surface area (Å²) in [5.41, 5.74) is 0.420. The number of benzene rings is 1. The molecule has 5 heteroatoms. The molecule has 0 saturated heterocycles. The van der Waals surface area contributed by atoms with Crippen LogP contribution >= 0.6 is 0 Å². The molecule has 0 aliphatic heterocycles. The quantitative estimate of drug-likeness (QED) is 0.910. The molecule has 1 N–H and O–H groups in total. The Hall–Kier alpha value is -1.54. The van der Waals surface area contributed by atoms with Crippen LogP contribution < -0.4 is 5.32 Å². The number of rotatable bonds is 4. The van der Waals surface area contributed by atoms with Gasteiger partial charge in [0.25, 0.3) is 0 Å². The molecule has 0 unspecified atom stereocenters. The summed E-state index contributed by atoms with van der Waals surface area (Å²) in [5, 5.41) is 12.2. The van der Waals surface area contributed by atoms with Crippen LogP contribution in [0.1, 0.15) is 24.8 Å². The number of alkyl halides is 3. The summed E-state index contributed by atoms with van der Waals surface area (Å²) < 4.78 is 36.1. The first-order valence-corrected chi connectivity index (χ1v) is 6.22. The van der Waals surface area contributed by atoms with Crippen molar-refractivity contribution in [3.63, 3.8) is 0 Å². The highest BCUT2D eigenvalue weighted by Gasteiger charge is 2.45. The van der Waals surface area contributed by atoms with E-state index in [4.69, 9.17) is 0 Å². The third-order valence-electron chi connectivity index (χ3n) is 3.57. The molecule has 0 heterocycles. The Kier molecular flexibility index (Phi) is 3.81. The Bertz CT molecular complexity index is 456. The summed E-state index contributed by atoms with van der Waals surface area (Å²) in [4.78, 5) is 0. The molecule has 0 amide bonds. The maximum atomic E-state index is 12.0. The van der Waals surface area contributed by atoms with Gasteiger partial charge in [-0.2, -0.15) is 18.4 Å². The molecule has 2 rings (SSSR count). The fourth-order valence-corrected chi connectivity index (χ4v) is 2.49. The maximum absolute atomic E-state index is 12.0. The van der Waals surface area contributed by atoms with Crippen molar-refractivity contribution in [3.8, 4) is 6.07 Å². The highest BCUT2D eigenvalue weighted by atomic mass is 19.4. The summed E-state index contributed by atoms with van der Waals surface area (Å²) >= 11 is 0. The van der Waals surface area contributed by atoms with Crippen LogP contribution in [0.2, 0.25) is 0 Å². The van der Waals surface area contributed by atoms with E-state index in [9.17, 15) is 18.4 Å². The van der Waals surface area contributed by atoms with E-state index < -0.39 is 18.0 Å². The van der Waals surface area contributed by atoms with Gasteiger partial charge in [0.15, 0.2) is 0 Å². The first kappa shape index (κ1) is 13.9. The van der Waals surface area contributed by atoms with E-state index in [0.29, 0.717) is 12.8 Å². The topological polar surface area (TPSA) is 35.8 Å². The first-order valence-electron chi connectivity index (χ1n) is 6.22. The summed E-state index contributed by atoms with van der Waals surface area (Å²) in [6.07, 6.45) is -3.80. The van der Waals surface area contributed by atoms with E-state index in [1.54, 1.807) is 0 Å². The second-order valence-electron chi connectivity index (χ2n) is 4.98. The van der Waals surface area contributed by atoms with Gasteiger partial charge in [0.1, 0.15) is 0 Å². The predicted octanol–water partition coefficient (Wildman–Crippen LogP) is 3.15. The van der Waals surface area contributed by atoms with Crippen molar-refractivity contribution in [1.29, 1.82) is 5.26 Å². The fourth-order valence-electron chi connectivity index (χ4n) is 2.49. The van der Waals surface area contributed by atoms with E-state index in [2.05, 4.69) is 11.4 Å². The third-order valence-corrected chi connectivity index (χ3v) is 3.57. The highest BCUT2D eigenvalue weighted by molar-refractivity contribution is 5.36. The normalized spacial score (nSPS) is 26.5. The van der Waals surface area contributed by atoms with E-state index in [1.165, 1.54) is 0 Å². The molecule has 0 aromatic heterocycles. The van der Waals surface area contributed by atoms with Crippen LogP contribution in [0.25, 0.3) is 0 Å². The zero-order chi connectivity index (χ0) is 13.9. The van der Waals surface area contributed by atoms with Gasteiger partial charge in [0.2, 0.25) is 0 Å². The Morgan fingerprint density at radius 3 is 2.42 bits per heavy atom. The van der Waals surface area contributed by atoms with Gasteiger partial charge in [-0.25, -0.2) is 0 Å². The Morgan fingerprint density at radius 1 is 1.26 bits per heavy atom. The van der Waals surface area contributed by atoms with Crippen LogP contribution in [-0.2, 0) is 5.41 Å². The molecule has 1 fully saturated rings. The number of hydrogen-bond acceptors (Lipinski definition) is 2. The van der Waals surface area contributed by atoms with Crippen LogP contribution in [-0.4, -0.2) is 18.8 Å². The molecular formula is C14H15F3N2. The Morgan fingerprint density at radius 2 is 1.89 bits per heavy atom. The standard InChI is InChI=1S/C14H15F3N2/c15-14(16,17)6-7-19-12-8-13(9-12,10-18)11-4-2-1-3-5-11/h1-5,12,19H,6-9H2. The molecule has 0 radical (unpaired) electrons. The molecule has 1 aliphatic carbocycles. The van der Waals surface area contributed by atoms with Crippen molar-refractivity contribution in [3.05, 3.63) is 35.9 Å². The molecule has 1 aromatic carbocycles. The number of nitrogens with zero attached hydrogens (tertiary/aromatic N) is 1.